The van der Waals surface area contributed by atoms with E-state index in [9.17, 15) is 0 Å². The van der Waals surface area contributed by atoms with Crippen molar-refractivity contribution in [1.82, 2.24) is 10.3 Å². The maximum absolute atomic E-state index is 5.95. The van der Waals surface area contributed by atoms with Gasteiger partial charge in [0.05, 0.1) is 11.7 Å². The highest BCUT2D eigenvalue weighted by Crippen LogP contribution is 2.32. The highest BCUT2D eigenvalue weighted by atomic mass is 35.5. The first-order valence-electron chi connectivity index (χ1n) is 8.22. The van der Waals surface area contributed by atoms with Crippen molar-refractivity contribution in [2.24, 2.45) is 0 Å². The number of rotatable bonds is 5. The van der Waals surface area contributed by atoms with E-state index < -0.39 is 0 Å². The third kappa shape index (κ3) is 5.84. The van der Waals surface area contributed by atoms with Gasteiger partial charge in [-0.1, -0.05) is 47.1 Å². The van der Waals surface area contributed by atoms with Crippen LogP contribution in [0.3, 0.4) is 0 Å². The molecule has 0 saturated heterocycles. The Hall–Kier alpha value is -1.79. The summed E-state index contributed by atoms with van der Waals surface area (Å²) in [6, 6.07) is 19.2. The topological polar surface area (TPSA) is 37.0 Å². The van der Waals surface area contributed by atoms with Crippen molar-refractivity contribution in [1.29, 1.82) is 0 Å². The molecule has 138 valence electrons. The predicted octanol–water partition coefficient (Wildman–Crippen LogP) is 6.59. The van der Waals surface area contributed by atoms with E-state index in [4.69, 9.17) is 35.4 Å². The smallest absolute Gasteiger partial charge is 0.171 e. The first-order valence-corrected chi connectivity index (χ1v) is 10.2. The van der Waals surface area contributed by atoms with E-state index in [1.165, 1.54) is 0 Å². The van der Waals surface area contributed by atoms with E-state index in [-0.39, 0.29) is 6.04 Å². The molecule has 0 saturated carbocycles. The molecule has 0 radical (unpaired) electrons. The summed E-state index contributed by atoms with van der Waals surface area (Å²) in [4.78, 5) is 5.51. The Bertz CT molecular complexity index is 915. The lowest BCUT2D eigenvalue weighted by Crippen LogP contribution is -2.31. The number of pyridine rings is 1. The summed E-state index contributed by atoms with van der Waals surface area (Å²) < 4.78 is 0. The molecule has 1 unspecified atom stereocenters. The minimum Gasteiger partial charge on any atom is -0.356 e. The average Bonchev–Trinajstić information content (AvgIpc) is 2.65. The van der Waals surface area contributed by atoms with Gasteiger partial charge in [-0.2, -0.15) is 0 Å². The lowest BCUT2D eigenvalue weighted by atomic mass is 10.1. The minimum atomic E-state index is 0.0475. The van der Waals surface area contributed by atoms with Crippen molar-refractivity contribution in [2.45, 2.75) is 22.9 Å². The zero-order chi connectivity index (χ0) is 19.2. The van der Waals surface area contributed by atoms with Gasteiger partial charge >= 0.3 is 0 Å². The predicted molar refractivity (Wildman–Crippen MR) is 119 cm³/mol. The van der Waals surface area contributed by atoms with E-state index in [2.05, 4.69) is 15.6 Å². The van der Waals surface area contributed by atoms with Gasteiger partial charge in [0.25, 0.3) is 0 Å². The standard InChI is InChI=1S/C20H17Cl2N3S2/c1-13(14-4-6-15(21)7-5-14)24-20(26)25-18-3-2-12-23-19(18)27-17-10-8-16(22)9-11-17/h2-13H,1H3,(H2,24,25,26). The van der Waals surface area contributed by atoms with Crippen molar-refractivity contribution in [3.63, 3.8) is 0 Å². The molecule has 0 bridgehead atoms. The molecule has 0 aliphatic rings. The Morgan fingerprint density at radius 3 is 2.30 bits per heavy atom. The second kappa shape index (κ2) is 9.42. The largest absolute Gasteiger partial charge is 0.356 e. The molecule has 0 spiro atoms. The Morgan fingerprint density at radius 1 is 1.00 bits per heavy atom. The number of benzene rings is 2. The molecule has 27 heavy (non-hydrogen) atoms. The van der Waals surface area contributed by atoms with Crippen molar-refractivity contribution < 1.29 is 0 Å². The maximum atomic E-state index is 5.95. The molecular weight excluding hydrogens is 417 g/mol. The van der Waals surface area contributed by atoms with Gasteiger partial charge in [0, 0.05) is 21.1 Å². The fourth-order valence-corrected chi connectivity index (χ4v) is 3.75. The van der Waals surface area contributed by atoms with E-state index in [1.807, 2.05) is 67.6 Å². The van der Waals surface area contributed by atoms with E-state index in [1.54, 1.807) is 18.0 Å². The fraction of sp³-hybridized carbons (Fsp3) is 0.100. The van der Waals surface area contributed by atoms with E-state index >= 15 is 0 Å². The van der Waals surface area contributed by atoms with Gasteiger partial charge in [-0.15, -0.1) is 0 Å². The molecule has 3 rings (SSSR count). The number of aromatic nitrogens is 1. The van der Waals surface area contributed by atoms with Gasteiger partial charge in [0.2, 0.25) is 0 Å². The van der Waals surface area contributed by atoms with Gasteiger partial charge in [-0.3, -0.25) is 0 Å². The second-order valence-electron chi connectivity index (χ2n) is 5.78. The van der Waals surface area contributed by atoms with Crippen molar-refractivity contribution in [3.8, 4) is 0 Å². The number of halogens is 2. The molecular formula is C20H17Cl2N3S2. The van der Waals surface area contributed by atoms with Crippen LogP contribution in [0.4, 0.5) is 5.69 Å². The molecule has 0 amide bonds. The lowest BCUT2D eigenvalue weighted by Gasteiger charge is -2.18. The van der Waals surface area contributed by atoms with Gasteiger partial charge < -0.3 is 10.6 Å². The summed E-state index contributed by atoms with van der Waals surface area (Å²) >= 11 is 18.9. The first-order chi connectivity index (χ1) is 13.0. The quantitative estimate of drug-likeness (QED) is 0.443. The van der Waals surface area contributed by atoms with Gasteiger partial charge in [0.15, 0.2) is 5.11 Å². The lowest BCUT2D eigenvalue weighted by molar-refractivity contribution is 0.722. The van der Waals surface area contributed by atoms with Crippen LogP contribution in [0.1, 0.15) is 18.5 Å². The number of nitrogens with one attached hydrogen (secondary N) is 2. The third-order valence-electron chi connectivity index (χ3n) is 3.77. The Balaban J connectivity index is 1.67. The summed E-state index contributed by atoms with van der Waals surface area (Å²) in [6.07, 6.45) is 1.76. The van der Waals surface area contributed by atoms with Crippen LogP contribution in [-0.4, -0.2) is 10.1 Å². The molecule has 0 aliphatic heterocycles. The summed E-state index contributed by atoms with van der Waals surface area (Å²) in [5, 5.41) is 9.31. The van der Waals surface area contributed by atoms with Crippen molar-refractivity contribution >= 4 is 58.0 Å². The molecule has 7 heteroatoms. The Labute approximate surface area is 178 Å². The summed E-state index contributed by atoms with van der Waals surface area (Å²) in [7, 11) is 0. The number of anilines is 1. The van der Waals surface area contributed by atoms with Crippen LogP contribution in [0.2, 0.25) is 10.0 Å². The molecule has 3 nitrogen and oxygen atoms in total. The van der Waals surface area contributed by atoms with Gasteiger partial charge in [-0.25, -0.2) is 4.98 Å². The van der Waals surface area contributed by atoms with Crippen molar-refractivity contribution in [3.05, 3.63) is 82.5 Å². The highest BCUT2D eigenvalue weighted by molar-refractivity contribution is 7.99. The normalized spacial score (nSPS) is 11.7. The van der Waals surface area contributed by atoms with Crippen LogP contribution in [0.5, 0.6) is 0 Å². The molecule has 1 atom stereocenters. The first kappa shape index (κ1) is 20.0. The second-order valence-corrected chi connectivity index (χ2v) is 8.13. The van der Waals surface area contributed by atoms with Crippen LogP contribution in [0.25, 0.3) is 0 Å². The van der Waals surface area contributed by atoms with Crippen LogP contribution < -0.4 is 10.6 Å². The molecule has 1 aromatic heterocycles. The van der Waals surface area contributed by atoms with E-state index in [0.29, 0.717) is 15.2 Å². The molecule has 3 aromatic rings. The summed E-state index contributed by atoms with van der Waals surface area (Å²) in [5.41, 5.74) is 1.95. The molecule has 2 aromatic carbocycles. The summed E-state index contributed by atoms with van der Waals surface area (Å²) in [6.45, 7) is 2.05. The van der Waals surface area contributed by atoms with Crippen LogP contribution in [-0.2, 0) is 0 Å². The van der Waals surface area contributed by atoms with Crippen molar-refractivity contribution in [2.75, 3.05) is 5.32 Å². The molecule has 0 aliphatic carbocycles. The molecule has 0 fully saturated rings. The van der Waals surface area contributed by atoms with Gasteiger partial charge in [0.1, 0.15) is 5.03 Å². The fourth-order valence-electron chi connectivity index (χ4n) is 2.37. The number of hydrogen-bond donors (Lipinski definition) is 2. The zero-order valence-electron chi connectivity index (χ0n) is 14.4. The molecule has 2 N–H and O–H groups in total. The van der Waals surface area contributed by atoms with Gasteiger partial charge in [-0.05, 0) is 73.2 Å². The number of thiocarbonyl (C=S) groups is 1. The summed E-state index contributed by atoms with van der Waals surface area (Å²) in [5.74, 6) is 0. The average molecular weight is 434 g/mol. The minimum absolute atomic E-state index is 0.0475. The Morgan fingerprint density at radius 2 is 1.63 bits per heavy atom. The highest BCUT2D eigenvalue weighted by Gasteiger charge is 2.10. The van der Waals surface area contributed by atoms with E-state index in [0.717, 1.165) is 21.2 Å². The Kier molecular flexibility index (Phi) is 6.96. The van der Waals surface area contributed by atoms with Crippen LogP contribution in [0, 0.1) is 0 Å². The van der Waals surface area contributed by atoms with Crippen LogP contribution in [0.15, 0.2) is 76.8 Å². The third-order valence-corrected chi connectivity index (χ3v) is 5.52. The number of nitrogens with zero attached hydrogens (tertiary/aromatic N) is 1. The monoisotopic (exact) mass is 433 g/mol. The SMILES string of the molecule is CC(NC(=S)Nc1cccnc1Sc1ccc(Cl)cc1)c1ccc(Cl)cc1. The van der Waals surface area contributed by atoms with Crippen LogP contribution >= 0.6 is 47.2 Å². The maximum Gasteiger partial charge on any atom is 0.171 e. The zero-order valence-corrected chi connectivity index (χ0v) is 17.6. The molecule has 1 heterocycles. The number of hydrogen-bond acceptors (Lipinski definition) is 3.